The molecular weight excluding hydrogens is 224 g/mol. The Labute approximate surface area is 101 Å². The fourth-order valence-electron chi connectivity index (χ4n) is 1.94. The Balaban J connectivity index is 2.17. The first-order chi connectivity index (χ1) is 8.13. The van der Waals surface area contributed by atoms with E-state index in [0.29, 0.717) is 5.92 Å². The van der Waals surface area contributed by atoms with Crippen molar-refractivity contribution >= 4 is 11.9 Å². The summed E-state index contributed by atoms with van der Waals surface area (Å²) >= 11 is 0. The fraction of sp³-hybridized carbons (Fsp3) is 0.833. The zero-order valence-corrected chi connectivity index (χ0v) is 10.4. The van der Waals surface area contributed by atoms with Gasteiger partial charge in [-0.2, -0.15) is 0 Å². The standard InChI is InChI=1S/C12H20O5/c1-9-5-3-4-6-10(9)17-12(14)8-16-7-11(13)15-2/h9-10H,3-8H2,1-2H3. The second-order valence-electron chi connectivity index (χ2n) is 4.36. The van der Waals surface area contributed by atoms with Crippen LogP contribution in [-0.4, -0.2) is 38.4 Å². The van der Waals surface area contributed by atoms with E-state index in [1.54, 1.807) is 0 Å². The molecule has 0 bridgehead atoms. The minimum absolute atomic E-state index is 0.00187. The molecule has 98 valence electrons. The van der Waals surface area contributed by atoms with Gasteiger partial charge in [-0.15, -0.1) is 0 Å². The molecule has 0 heterocycles. The van der Waals surface area contributed by atoms with Gasteiger partial charge in [0.25, 0.3) is 0 Å². The number of methoxy groups -OCH3 is 1. The lowest BCUT2D eigenvalue weighted by atomic mass is 9.88. The van der Waals surface area contributed by atoms with E-state index in [0.717, 1.165) is 19.3 Å². The van der Waals surface area contributed by atoms with Crippen LogP contribution in [0.3, 0.4) is 0 Å². The third-order valence-corrected chi connectivity index (χ3v) is 2.98. The van der Waals surface area contributed by atoms with E-state index in [1.165, 1.54) is 13.5 Å². The van der Waals surface area contributed by atoms with Crippen molar-refractivity contribution in [2.45, 2.75) is 38.7 Å². The van der Waals surface area contributed by atoms with Gasteiger partial charge in [-0.1, -0.05) is 13.3 Å². The van der Waals surface area contributed by atoms with E-state index in [-0.39, 0.29) is 19.3 Å². The zero-order valence-electron chi connectivity index (χ0n) is 10.4. The number of esters is 2. The summed E-state index contributed by atoms with van der Waals surface area (Å²) in [6, 6.07) is 0. The number of carbonyl (C=O) groups excluding carboxylic acids is 2. The summed E-state index contributed by atoms with van der Waals surface area (Å²) in [7, 11) is 1.27. The highest BCUT2D eigenvalue weighted by Crippen LogP contribution is 2.26. The molecule has 0 amide bonds. The van der Waals surface area contributed by atoms with Gasteiger partial charge >= 0.3 is 11.9 Å². The summed E-state index contributed by atoms with van der Waals surface area (Å²) in [4.78, 5) is 22.2. The van der Waals surface area contributed by atoms with E-state index < -0.39 is 11.9 Å². The van der Waals surface area contributed by atoms with E-state index in [9.17, 15) is 9.59 Å². The molecule has 2 atom stereocenters. The van der Waals surface area contributed by atoms with Crippen molar-refractivity contribution in [1.82, 2.24) is 0 Å². The van der Waals surface area contributed by atoms with Crippen molar-refractivity contribution in [1.29, 1.82) is 0 Å². The first-order valence-corrected chi connectivity index (χ1v) is 5.97. The summed E-state index contributed by atoms with van der Waals surface area (Å²) in [6.07, 6.45) is 4.32. The molecule has 5 heteroatoms. The minimum atomic E-state index is -0.496. The Morgan fingerprint density at radius 3 is 2.41 bits per heavy atom. The van der Waals surface area contributed by atoms with Crippen LogP contribution < -0.4 is 0 Å². The van der Waals surface area contributed by atoms with Gasteiger partial charge in [0, 0.05) is 0 Å². The lowest BCUT2D eigenvalue weighted by Crippen LogP contribution is -2.30. The lowest BCUT2D eigenvalue weighted by molar-refractivity contribution is -0.161. The molecule has 0 aromatic rings. The molecule has 0 spiro atoms. The third-order valence-electron chi connectivity index (χ3n) is 2.98. The Kier molecular flexibility index (Phi) is 5.97. The SMILES string of the molecule is COC(=O)COCC(=O)OC1CCCCC1C. The highest BCUT2D eigenvalue weighted by atomic mass is 16.6. The minimum Gasteiger partial charge on any atom is -0.467 e. The van der Waals surface area contributed by atoms with Crippen molar-refractivity contribution < 1.29 is 23.8 Å². The van der Waals surface area contributed by atoms with Gasteiger partial charge in [0.05, 0.1) is 7.11 Å². The van der Waals surface area contributed by atoms with Gasteiger partial charge in [-0.25, -0.2) is 9.59 Å². The number of rotatable bonds is 5. The van der Waals surface area contributed by atoms with Crippen LogP contribution in [0.25, 0.3) is 0 Å². The van der Waals surface area contributed by atoms with Crippen LogP contribution >= 0.6 is 0 Å². The van der Waals surface area contributed by atoms with Crippen molar-refractivity contribution in [3.8, 4) is 0 Å². The molecule has 0 radical (unpaired) electrons. The quantitative estimate of drug-likeness (QED) is 0.682. The molecule has 0 aliphatic heterocycles. The molecule has 1 saturated carbocycles. The molecule has 1 aliphatic carbocycles. The normalized spacial score (nSPS) is 24.1. The molecule has 2 unspecified atom stereocenters. The fourth-order valence-corrected chi connectivity index (χ4v) is 1.94. The van der Waals surface area contributed by atoms with Crippen LogP contribution in [0.5, 0.6) is 0 Å². The molecule has 1 rings (SSSR count). The molecule has 1 fully saturated rings. The van der Waals surface area contributed by atoms with Crippen molar-refractivity contribution in [3.63, 3.8) is 0 Å². The number of hydrogen-bond donors (Lipinski definition) is 0. The maximum absolute atomic E-state index is 11.4. The Morgan fingerprint density at radius 1 is 1.12 bits per heavy atom. The number of carbonyl (C=O) groups is 2. The van der Waals surface area contributed by atoms with Crippen LogP contribution in [0.4, 0.5) is 0 Å². The van der Waals surface area contributed by atoms with Gasteiger partial charge < -0.3 is 14.2 Å². The average molecular weight is 244 g/mol. The first kappa shape index (κ1) is 14.0. The topological polar surface area (TPSA) is 61.8 Å². The lowest BCUT2D eigenvalue weighted by Gasteiger charge is -2.28. The molecule has 0 saturated heterocycles. The Bertz CT molecular complexity index is 264. The van der Waals surface area contributed by atoms with Crippen LogP contribution in [-0.2, 0) is 23.8 Å². The summed E-state index contributed by atoms with van der Waals surface area (Å²) in [5.41, 5.74) is 0. The van der Waals surface area contributed by atoms with Crippen molar-refractivity contribution in [2.75, 3.05) is 20.3 Å². The molecular formula is C12H20O5. The maximum Gasteiger partial charge on any atom is 0.332 e. The highest BCUT2D eigenvalue weighted by Gasteiger charge is 2.24. The number of ether oxygens (including phenoxy) is 3. The largest absolute Gasteiger partial charge is 0.467 e. The molecule has 0 aromatic carbocycles. The number of hydrogen-bond acceptors (Lipinski definition) is 5. The molecule has 1 aliphatic rings. The van der Waals surface area contributed by atoms with Crippen LogP contribution in [0.15, 0.2) is 0 Å². The van der Waals surface area contributed by atoms with Crippen LogP contribution in [0.2, 0.25) is 0 Å². The van der Waals surface area contributed by atoms with Gasteiger partial charge in [-0.3, -0.25) is 0 Å². The van der Waals surface area contributed by atoms with Gasteiger partial charge in [0.2, 0.25) is 0 Å². The zero-order chi connectivity index (χ0) is 12.7. The second kappa shape index (κ2) is 7.27. The molecule has 5 nitrogen and oxygen atoms in total. The molecule has 17 heavy (non-hydrogen) atoms. The Hall–Kier alpha value is -1.10. The summed E-state index contributed by atoms with van der Waals surface area (Å²) in [5, 5.41) is 0. The monoisotopic (exact) mass is 244 g/mol. The van der Waals surface area contributed by atoms with E-state index >= 15 is 0 Å². The summed E-state index contributed by atoms with van der Waals surface area (Å²) < 4.78 is 14.6. The van der Waals surface area contributed by atoms with Gasteiger partial charge in [0.15, 0.2) is 0 Å². The van der Waals surface area contributed by atoms with E-state index in [4.69, 9.17) is 9.47 Å². The predicted octanol–water partition coefficient (Wildman–Crippen LogP) is 1.30. The highest BCUT2D eigenvalue weighted by molar-refractivity contribution is 5.73. The van der Waals surface area contributed by atoms with E-state index in [2.05, 4.69) is 11.7 Å². The van der Waals surface area contributed by atoms with E-state index in [1.807, 2.05) is 0 Å². The van der Waals surface area contributed by atoms with Gasteiger partial charge in [-0.05, 0) is 25.2 Å². The van der Waals surface area contributed by atoms with Crippen molar-refractivity contribution in [3.05, 3.63) is 0 Å². The second-order valence-corrected chi connectivity index (χ2v) is 4.36. The molecule has 0 aromatic heterocycles. The van der Waals surface area contributed by atoms with Crippen LogP contribution in [0.1, 0.15) is 32.6 Å². The average Bonchev–Trinajstić information content (AvgIpc) is 2.32. The van der Waals surface area contributed by atoms with Crippen LogP contribution in [0, 0.1) is 5.92 Å². The van der Waals surface area contributed by atoms with Crippen molar-refractivity contribution in [2.24, 2.45) is 5.92 Å². The molecule has 0 N–H and O–H groups in total. The van der Waals surface area contributed by atoms with Gasteiger partial charge in [0.1, 0.15) is 19.3 Å². The Morgan fingerprint density at radius 2 is 1.76 bits per heavy atom. The first-order valence-electron chi connectivity index (χ1n) is 5.97. The predicted molar refractivity (Wildman–Crippen MR) is 60.3 cm³/mol. The third kappa shape index (κ3) is 5.17. The maximum atomic E-state index is 11.4. The summed E-state index contributed by atoms with van der Waals surface area (Å²) in [5.74, 6) is -0.496. The smallest absolute Gasteiger partial charge is 0.332 e. The summed E-state index contributed by atoms with van der Waals surface area (Å²) in [6.45, 7) is 1.68.